The van der Waals surface area contributed by atoms with Gasteiger partial charge in [-0.2, -0.15) is 0 Å². The van der Waals surface area contributed by atoms with E-state index in [0.29, 0.717) is 43.5 Å². The Morgan fingerprint density at radius 1 is 1.10 bits per heavy atom. The van der Waals surface area contributed by atoms with Crippen LogP contribution >= 0.6 is 0 Å². The minimum atomic E-state index is -0.124. The van der Waals surface area contributed by atoms with Gasteiger partial charge in [-0.25, -0.2) is 9.97 Å². The molecule has 8 nitrogen and oxygen atoms in total. The summed E-state index contributed by atoms with van der Waals surface area (Å²) in [6.07, 6.45) is 3.15. The maximum atomic E-state index is 13.3. The lowest BCUT2D eigenvalue weighted by molar-refractivity contribution is 0.0924. The number of nitrogens with zero attached hydrogens (tertiary/aromatic N) is 3. The van der Waals surface area contributed by atoms with Gasteiger partial charge < -0.3 is 25.0 Å². The Balaban J connectivity index is 1.55. The fourth-order valence-electron chi connectivity index (χ4n) is 5.74. The number of aromatic nitrogens is 2. The second-order valence-corrected chi connectivity index (χ2v) is 9.40. The molecule has 2 aromatic rings. The van der Waals surface area contributed by atoms with E-state index in [0.717, 1.165) is 52.8 Å². The van der Waals surface area contributed by atoms with Gasteiger partial charge in [0.05, 0.1) is 24.1 Å². The highest BCUT2D eigenvalue weighted by Gasteiger charge is 2.44. The van der Waals surface area contributed by atoms with Gasteiger partial charge in [0, 0.05) is 36.3 Å². The van der Waals surface area contributed by atoms with Gasteiger partial charge >= 0.3 is 0 Å². The molecule has 0 aromatic carbocycles. The van der Waals surface area contributed by atoms with Crippen molar-refractivity contribution in [3.05, 3.63) is 22.5 Å². The van der Waals surface area contributed by atoms with Crippen LogP contribution in [0.1, 0.15) is 46.6 Å². The van der Waals surface area contributed by atoms with Gasteiger partial charge in [-0.1, -0.05) is 0 Å². The lowest BCUT2D eigenvalue weighted by Gasteiger charge is -2.40. The first-order chi connectivity index (χ1) is 15.0. The van der Waals surface area contributed by atoms with Crippen LogP contribution in [0.15, 0.2) is 0 Å². The summed E-state index contributed by atoms with van der Waals surface area (Å²) in [5, 5.41) is 8.86. The predicted molar refractivity (Wildman–Crippen MR) is 117 cm³/mol. The zero-order valence-electron chi connectivity index (χ0n) is 18.3. The average molecular weight is 424 g/mol. The average Bonchev–Trinajstić information content (AvgIpc) is 3.37. The third-order valence-electron chi connectivity index (χ3n) is 7.52. The van der Waals surface area contributed by atoms with Crippen molar-refractivity contribution in [3.63, 3.8) is 0 Å². The van der Waals surface area contributed by atoms with Crippen molar-refractivity contribution in [2.75, 3.05) is 31.3 Å². The number of hydrogen-bond donors (Lipinski definition) is 2. The number of hydrogen-bond acceptors (Lipinski definition) is 7. The zero-order chi connectivity index (χ0) is 21.3. The highest BCUT2D eigenvalue weighted by atomic mass is 16.5. The lowest BCUT2D eigenvalue weighted by atomic mass is 9.98. The molecule has 4 atom stereocenters. The maximum Gasteiger partial charge on any atom is 0.270 e. The van der Waals surface area contributed by atoms with Gasteiger partial charge in [0.25, 0.3) is 5.91 Å². The number of rotatable bonds is 2. The minimum absolute atomic E-state index is 0.0467. The number of ether oxygens (including phenoxy) is 2. The van der Waals surface area contributed by atoms with Crippen molar-refractivity contribution in [1.29, 1.82) is 0 Å². The predicted octanol–water partition coefficient (Wildman–Crippen LogP) is 1.78. The summed E-state index contributed by atoms with van der Waals surface area (Å²) in [6.45, 7) is 8.78. The Morgan fingerprint density at radius 3 is 2.77 bits per heavy atom. The number of amides is 1. The normalized spacial score (nSPS) is 28.9. The fraction of sp³-hybridized carbons (Fsp3) is 0.609. The van der Waals surface area contributed by atoms with Crippen LogP contribution in [0.2, 0.25) is 0 Å². The lowest BCUT2D eigenvalue weighted by Crippen LogP contribution is -2.60. The molecule has 164 valence electrons. The molecule has 6 heterocycles. The van der Waals surface area contributed by atoms with Crippen molar-refractivity contribution in [2.45, 2.75) is 64.2 Å². The summed E-state index contributed by atoms with van der Waals surface area (Å²) in [6, 6.07) is 1.06. The van der Waals surface area contributed by atoms with E-state index in [-0.39, 0.29) is 18.0 Å². The molecule has 4 aliphatic rings. The third-order valence-corrected chi connectivity index (χ3v) is 7.52. The van der Waals surface area contributed by atoms with Gasteiger partial charge in [0.2, 0.25) is 5.88 Å². The largest absolute Gasteiger partial charge is 0.475 e. The fourth-order valence-corrected chi connectivity index (χ4v) is 5.74. The van der Waals surface area contributed by atoms with Crippen LogP contribution < -0.4 is 20.3 Å². The Morgan fingerprint density at radius 2 is 1.97 bits per heavy atom. The van der Waals surface area contributed by atoms with Crippen molar-refractivity contribution in [1.82, 2.24) is 20.6 Å². The van der Waals surface area contributed by atoms with Gasteiger partial charge in [-0.3, -0.25) is 4.79 Å². The quantitative estimate of drug-likeness (QED) is 0.761. The van der Waals surface area contributed by atoms with Gasteiger partial charge in [-0.05, 0) is 51.2 Å². The molecule has 6 rings (SSSR count). The number of pyridine rings is 2. The number of nitrogens with one attached hydrogen (secondary N) is 2. The standard InChI is InChI=1S/C23H29N5O3/c1-11-13(3)24-23-19-18(11)12(2)20(22(29)26-15-6-7-30-9-15)27-21(19)28-8-14-4-5-16(25-14)17(28)10-31-23/h14-17,25H,4-10H2,1-3H3,(H,26,29)/t14?,15-,16?,17?/m1/s1. The molecule has 3 fully saturated rings. The molecule has 0 aliphatic carbocycles. The van der Waals surface area contributed by atoms with Gasteiger partial charge in [0.1, 0.15) is 18.1 Å². The van der Waals surface area contributed by atoms with Crippen molar-refractivity contribution in [2.24, 2.45) is 0 Å². The van der Waals surface area contributed by atoms with E-state index in [1.54, 1.807) is 0 Å². The first-order valence-corrected chi connectivity index (χ1v) is 11.4. The summed E-state index contributed by atoms with van der Waals surface area (Å²) in [4.78, 5) is 25.5. The van der Waals surface area contributed by atoms with Crippen LogP contribution in [0.4, 0.5) is 5.82 Å². The molecular weight excluding hydrogens is 394 g/mol. The molecule has 31 heavy (non-hydrogen) atoms. The summed E-state index contributed by atoms with van der Waals surface area (Å²) < 4.78 is 11.7. The molecule has 3 saturated heterocycles. The Bertz CT molecular complexity index is 1080. The number of carbonyl (C=O) groups excluding carboxylic acids is 1. The number of piperazine rings is 1. The number of carbonyl (C=O) groups is 1. The van der Waals surface area contributed by atoms with Crippen LogP contribution in [0.25, 0.3) is 10.8 Å². The Labute approximate surface area is 181 Å². The van der Waals surface area contributed by atoms with E-state index in [9.17, 15) is 4.79 Å². The summed E-state index contributed by atoms with van der Waals surface area (Å²) in [5.74, 6) is 1.37. The van der Waals surface area contributed by atoms with E-state index in [1.807, 2.05) is 13.8 Å². The van der Waals surface area contributed by atoms with E-state index in [1.165, 1.54) is 6.42 Å². The molecular formula is C23H29N5O3. The zero-order valence-corrected chi connectivity index (χ0v) is 18.3. The van der Waals surface area contributed by atoms with E-state index < -0.39 is 0 Å². The Kier molecular flexibility index (Phi) is 4.37. The van der Waals surface area contributed by atoms with Crippen molar-refractivity contribution in [3.8, 4) is 5.88 Å². The second kappa shape index (κ2) is 7.03. The molecule has 3 unspecified atom stereocenters. The van der Waals surface area contributed by atoms with Crippen molar-refractivity contribution < 1.29 is 14.3 Å². The first kappa shape index (κ1) is 19.3. The van der Waals surface area contributed by atoms with Gasteiger partial charge in [0.15, 0.2) is 0 Å². The number of aryl methyl sites for hydroxylation is 3. The molecule has 0 saturated carbocycles. The van der Waals surface area contributed by atoms with Crippen molar-refractivity contribution >= 4 is 22.5 Å². The van der Waals surface area contributed by atoms with Gasteiger partial charge in [-0.15, -0.1) is 0 Å². The molecule has 1 amide bonds. The second-order valence-electron chi connectivity index (χ2n) is 9.40. The van der Waals surface area contributed by atoms with Crippen LogP contribution in [0.3, 0.4) is 0 Å². The van der Waals surface area contributed by atoms with Crippen LogP contribution in [-0.2, 0) is 4.74 Å². The van der Waals surface area contributed by atoms with E-state index >= 15 is 0 Å². The number of fused-ring (bicyclic) bond motifs is 5. The summed E-state index contributed by atoms with van der Waals surface area (Å²) in [7, 11) is 0. The van der Waals surface area contributed by atoms with E-state index in [4.69, 9.17) is 19.4 Å². The van der Waals surface area contributed by atoms with Crippen LogP contribution in [0, 0.1) is 20.8 Å². The SMILES string of the molecule is Cc1nc2c3c(nc(C(=O)N[C@@H]4CCOC4)c(C)c3c1C)N1CC3CCC(N3)C1CO2. The molecule has 8 heteroatoms. The summed E-state index contributed by atoms with van der Waals surface area (Å²) in [5.41, 5.74) is 3.40. The van der Waals surface area contributed by atoms with Crippen LogP contribution in [0.5, 0.6) is 5.88 Å². The molecule has 2 bridgehead atoms. The minimum Gasteiger partial charge on any atom is -0.475 e. The van der Waals surface area contributed by atoms with Crippen LogP contribution in [-0.4, -0.2) is 66.4 Å². The molecule has 2 aromatic heterocycles. The highest BCUT2D eigenvalue weighted by molar-refractivity contribution is 6.06. The summed E-state index contributed by atoms with van der Waals surface area (Å²) >= 11 is 0. The monoisotopic (exact) mass is 423 g/mol. The topological polar surface area (TPSA) is 88.6 Å². The highest BCUT2D eigenvalue weighted by Crippen LogP contribution is 2.42. The van der Waals surface area contributed by atoms with E-state index in [2.05, 4.69) is 22.5 Å². The first-order valence-electron chi connectivity index (χ1n) is 11.4. The molecule has 2 N–H and O–H groups in total. The molecule has 0 spiro atoms. The number of anilines is 1. The smallest absolute Gasteiger partial charge is 0.270 e. The molecule has 4 aliphatic heterocycles. The maximum absolute atomic E-state index is 13.3. The third kappa shape index (κ3) is 2.91. The Hall–Kier alpha value is -2.45. The molecule has 0 radical (unpaired) electrons.